The van der Waals surface area contributed by atoms with Crippen LogP contribution in [0.1, 0.15) is 33.1 Å². The lowest BCUT2D eigenvalue weighted by atomic mass is 10.1. The molecule has 15 heavy (non-hydrogen) atoms. The van der Waals surface area contributed by atoms with Crippen molar-refractivity contribution in [1.82, 2.24) is 0 Å². The Kier molecular flexibility index (Phi) is 7.13. The third-order valence-electron chi connectivity index (χ3n) is 2.54. The predicted octanol–water partition coefficient (Wildman–Crippen LogP) is 0.954. The summed E-state index contributed by atoms with van der Waals surface area (Å²) < 4.78 is 28.5. The van der Waals surface area contributed by atoms with Gasteiger partial charge in [0.1, 0.15) is 0 Å². The van der Waals surface area contributed by atoms with Crippen molar-refractivity contribution in [1.29, 1.82) is 0 Å². The van der Waals surface area contributed by atoms with Gasteiger partial charge in [0.25, 0.3) is 0 Å². The van der Waals surface area contributed by atoms with E-state index in [1.54, 1.807) is 0 Å². The Morgan fingerprint density at radius 2 is 1.93 bits per heavy atom. The molecule has 0 heterocycles. The van der Waals surface area contributed by atoms with Crippen molar-refractivity contribution in [3.63, 3.8) is 0 Å². The van der Waals surface area contributed by atoms with Gasteiger partial charge in [0, 0.05) is 13.2 Å². The number of methoxy groups -OCH3 is 1. The first-order chi connectivity index (χ1) is 6.99. The van der Waals surface area contributed by atoms with Crippen molar-refractivity contribution in [2.75, 3.05) is 19.5 Å². The van der Waals surface area contributed by atoms with E-state index in [1.165, 1.54) is 7.11 Å². The van der Waals surface area contributed by atoms with Crippen molar-refractivity contribution < 1.29 is 13.2 Å². The fourth-order valence-corrected chi connectivity index (χ4v) is 3.57. The molecule has 92 valence electrons. The van der Waals surface area contributed by atoms with E-state index in [2.05, 4.69) is 0 Å². The van der Waals surface area contributed by atoms with Gasteiger partial charge in [0.15, 0.2) is 9.84 Å². The van der Waals surface area contributed by atoms with Crippen molar-refractivity contribution >= 4 is 9.84 Å². The fourth-order valence-electron chi connectivity index (χ4n) is 1.69. The van der Waals surface area contributed by atoms with Gasteiger partial charge in [0.05, 0.1) is 17.6 Å². The lowest BCUT2D eigenvalue weighted by molar-refractivity contribution is 0.216. The van der Waals surface area contributed by atoms with E-state index < -0.39 is 15.1 Å². The highest BCUT2D eigenvalue weighted by Gasteiger charge is 2.28. The quantitative estimate of drug-likeness (QED) is 0.682. The van der Waals surface area contributed by atoms with Gasteiger partial charge < -0.3 is 10.5 Å². The molecule has 0 bridgehead atoms. The molecule has 0 aromatic heterocycles. The van der Waals surface area contributed by atoms with Gasteiger partial charge in [-0.25, -0.2) is 8.42 Å². The monoisotopic (exact) mass is 237 g/mol. The minimum atomic E-state index is -3.11. The van der Waals surface area contributed by atoms with Gasteiger partial charge in [-0.2, -0.15) is 0 Å². The van der Waals surface area contributed by atoms with E-state index in [0.717, 1.165) is 12.8 Å². The van der Waals surface area contributed by atoms with Crippen LogP contribution >= 0.6 is 0 Å². The molecule has 2 N–H and O–H groups in total. The van der Waals surface area contributed by atoms with Crippen LogP contribution in [0.4, 0.5) is 0 Å². The van der Waals surface area contributed by atoms with Gasteiger partial charge in [-0.3, -0.25) is 0 Å². The van der Waals surface area contributed by atoms with E-state index in [0.29, 0.717) is 6.42 Å². The molecule has 0 aliphatic rings. The largest absolute Gasteiger partial charge is 0.384 e. The molecular weight excluding hydrogens is 214 g/mol. The third-order valence-corrected chi connectivity index (χ3v) is 4.88. The minimum Gasteiger partial charge on any atom is -0.384 e. The van der Waals surface area contributed by atoms with E-state index in [-0.39, 0.29) is 18.4 Å². The van der Waals surface area contributed by atoms with Crippen LogP contribution < -0.4 is 5.73 Å². The maximum absolute atomic E-state index is 11.9. The van der Waals surface area contributed by atoms with Crippen LogP contribution in [0.25, 0.3) is 0 Å². The highest BCUT2D eigenvalue weighted by atomic mass is 32.2. The van der Waals surface area contributed by atoms with E-state index >= 15 is 0 Å². The molecule has 0 aliphatic carbocycles. The van der Waals surface area contributed by atoms with Crippen LogP contribution in [0, 0.1) is 0 Å². The van der Waals surface area contributed by atoms with Crippen molar-refractivity contribution in [3.8, 4) is 0 Å². The first-order valence-corrected chi connectivity index (χ1v) is 7.17. The summed E-state index contributed by atoms with van der Waals surface area (Å²) in [6.45, 7) is 4.12. The second-order valence-corrected chi connectivity index (χ2v) is 6.10. The van der Waals surface area contributed by atoms with Crippen LogP contribution in [0.3, 0.4) is 0 Å². The minimum absolute atomic E-state index is 0.0689. The first-order valence-electron chi connectivity index (χ1n) is 5.45. The average molecular weight is 237 g/mol. The summed E-state index contributed by atoms with van der Waals surface area (Å²) >= 11 is 0. The second-order valence-electron chi connectivity index (χ2n) is 3.76. The number of hydrogen-bond acceptors (Lipinski definition) is 4. The van der Waals surface area contributed by atoms with Gasteiger partial charge in [-0.05, 0) is 12.8 Å². The second kappa shape index (κ2) is 7.19. The van der Waals surface area contributed by atoms with E-state index in [1.807, 2.05) is 13.8 Å². The number of hydrogen-bond donors (Lipinski definition) is 1. The molecular formula is C10H23NO3S. The topological polar surface area (TPSA) is 69.4 Å². The molecule has 0 spiro atoms. The predicted molar refractivity (Wildman–Crippen MR) is 62.6 cm³/mol. The summed E-state index contributed by atoms with van der Waals surface area (Å²) in [6.07, 6.45) is 2.25. The molecule has 0 saturated carbocycles. The molecule has 2 unspecified atom stereocenters. The maximum Gasteiger partial charge on any atom is 0.156 e. The zero-order chi connectivity index (χ0) is 11.9. The Morgan fingerprint density at radius 1 is 1.33 bits per heavy atom. The molecule has 0 rings (SSSR count). The summed E-state index contributed by atoms with van der Waals surface area (Å²) in [6, 6.07) is -0.248. The molecule has 0 fully saturated rings. The van der Waals surface area contributed by atoms with Crippen LogP contribution in [-0.4, -0.2) is 39.2 Å². The molecule has 2 atom stereocenters. The smallest absolute Gasteiger partial charge is 0.156 e. The Balaban J connectivity index is 4.50. The highest BCUT2D eigenvalue weighted by Crippen LogP contribution is 2.14. The molecule has 5 heteroatoms. The van der Waals surface area contributed by atoms with Gasteiger partial charge in [-0.1, -0.05) is 20.3 Å². The molecule has 0 amide bonds. The lowest BCUT2D eigenvalue weighted by Crippen LogP contribution is -2.41. The maximum atomic E-state index is 11.9. The van der Waals surface area contributed by atoms with E-state index in [4.69, 9.17) is 10.5 Å². The van der Waals surface area contributed by atoms with Crippen LogP contribution in [0.2, 0.25) is 0 Å². The van der Waals surface area contributed by atoms with Gasteiger partial charge in [-0.15, -0.1) is 0 Å². The Labute approximate surface area is 93.1 Å². The zero-order valence-corrected chi connectivity index (χ0v) is 10.7. The number of nitrogens with two attached hydrogens (primary N) is 1. The van der Waals surface area contributed by atoms with Crippen LogP contribution in [-0.2, 0) is 14.6 Å². The fraction of sp³-hybridized carbons (Fsp3) is 1.00. The molecule has 0 aromatic carbocycles. The molecule has 0 aromatic rings. The lowest BCUT2D eigenvalue weighted by Gasteiger charge is -2.22. The number of ether oxygens (including phenoxy) is 1. The summed E-state index contributed by atoms with van der Waals surface area (Å²) in [4.78, 5) is 0. The van der Waals surface area contributed by atoms with Crippen molar-refractivity contribution in [2.45, 2.75) is 44.4 Å². The average Bonchev–Trinajstić information content (AvgIpc) is 2.16. The third kappa shape index (κ3) is 4.95. The highest BCUT2D eigenvalue weighted by molar-refractivity contribution is 7.92. The summed E-state index contributed by atoms with van der Waals surface area (Å²) in [5.41, 5.74) is 5.88. The summed E-state index contributed by atoms with van der Waals surface area (Å²) in [5.74, 6) is 0.0689. The van der Waals surface area contributed by atoms with Crippen molar-refractivity contribution in [2.24, 2.45) is 5.73 Å². The molecule has 0 radical (unpaired) electrons. The summed E-state index contributed by atoms with van der Waals surface area (Å²) in [7, 11) is -1.60. The van der Waals surface area contributed by atoms with E-state index in [9.17, 15) is 8.42 Å². The first kappa shape index (κ1) is 14.9. The molecule has 0 aliphatic heterocycles. The Bertz CT molecular complexity index is 251. The van der Waals surface area contributed by atoms with Gasteiger partial charge in [0.2, 0.25) is 0 Å². The standard InChI is InChI=1S/C10H23NO3S/c1-4-6-9(11)10(5-2)15(12,13)8-7-14-3/h9-10H,4-8,11H2,1-3H3. The number of rotatable bonds is 8. The Morgan fingerprint density at radius 3 is 2.33 bits per heavy atom. The molecule has 4 nitrogen and oxygen atoms in total. The van der Waals surface area contributed by atoms with Gasteiger partial charge >= 0.3 is 0 Å². The van der Waals surface area contributed by atoms with Crippen molar-refractivity contribution in [3.05, 3.63) is 0 Å². The SMILES string of the molecule is CCCC(N)C(CC)S(=O)(=O)CCOC. The number of sulfone groups is 1. The normalized spacial score (nSPS) is 16.3. The molecule has 0 saturated heterocycles. The Hall–Kier alpha value is -0.130. The van der Waals surface area contributed by atoms with Crippen LogP contribution in [0.15, 0.2) is 0 Å². The van der Waals surface area contributed by atoms with Crippen LogP contribution in [0.5, 0.6) is 0 Å². The zero-order valence-electron chi connectivity index (χ0n) is 9.90. The summed E-state index contributed by atoms with van der Waals surface area (Å²) in [5, 5.41) is -0.424.